The van der Waals surface area contributed by atoms with Crippen LogP contribution < -0.4 is 0 Å². The summed E-state index contributed by atoms with van der Waals surface area (Å²) in [6.07, 6.45) is 1.37. The van der Waals surface area contributed by atoms with Gasteiger partial charge >= 0.3 is 0 Å². The molecule has 2 unspecified atom stereocenters. The summed E-state index contributed by atoms with van der Waals surface area (Å²) in [4.78, 5) is 5.08. The molecule has 3 heteroatoms. The number of hydrogen-bond donors (Lipinski definition) is 0. The quantitative estimate of drug-likeness (QED) is 0.662. The topological polar surface area (TPSA) is 15.7 Å². The molecule has 0 aromatic heterocycles. The fraction of sp³-hybridized carbons (Fsp3) is 1.00. The Hall–Kier alpha value is -0.120. The molecule has 3 fully saturated rings. The molecule has 3 aliphatic rings. The first-order valence-corrected chi connectivity index (χ1v) is 5.52. The Morgan fingerprint density at radius 1 is 1.21 bits per heavy atom. The second-order valence-electron chi connectivity index (χ2n) is 5.55. The first-order valence-electron chi connectivity index (χ1n) is 5.52. The van der Waals surface area contributed by atoms with Gasteiger partial charge in [0.05, 0.1) is 6.73 Å². The zero-order valence-electron chi connectivity index (χ0n) is 9.79. The first kappa shape index (κ1) is 10.4. The van der Waals surface area contributed by atoms with Crippen molar-refractivity contribution >= 4 is 0 Å². The van der Waals surface area contributed by atoms with E-state index in [4.69, 9.17) is 4.74 Å². The van der Waals surface area contributed by atoms with Crippen molar-refractivity contribution in [2.24, 2.45) is 0 Å². The zero-order valence-corrected chi connectivity index (χ0v) is 9.79. The van der Waals surface area contributed by atoms with E-state index in [2.05, 4.69) is 30.6 Å². The third-order valence-electron chi connectivity index (χ3n) is 3.57. The second-order valence-corrected chi connectivity index (χ2v) is 5.55. The third kappa shape index (κ3) is 1.69. The smallest absolute Gasteiger partial charge is 0.0992 e. The maximum atomic E-state index is 5.21. The van der Waals surface area contributed by atoms with Crippen LogP contribution in [0.1, 0.15) is 27.2 Å². The molecular formula is C11H22N2O. The number of piperazine rings is 1. The average molecular weight is 198 g/mol. The van der Waals surface area contributed by atoms with Gasteiger partial charge in [0.25, 0.3) is 0 Å². The Morgan fingerprint density at radius 3 is 2.21 bits per heavy atom. The Balaban J connectivity index is 1.92. The number of methoxy groups -OCH3 is 1. The molecule has 2 bridgehead atoms. The van der Waals surface area contributed by atoms with Crippen molar-refractivity contribution in [1.82, 2.24) is 9.80 Å². The second kappa shape index (κ2) is 3.47. The van der Waals surface area contributed by atoms with Crippen molar-refractivity contribution in [3.05, 3.63) is 0 Å². The minimum absolute atomic E-state index is 0.329. The van der Waals surface area contributed by atoms with Crippen LogP contribution in [0.5, 0.6) is 0 Å². The van der Waals surface area contributed by atoms with Gasteiger partial charge in [-0.25, -0.2) is 0 Å². The summed E-state index contributed by atoms with van der Waals surface area (Å²) in [7, 11) is 1.79. The monoisotopic (exact) mass is 198 g/mol. The highest BCUT2D eigenvalue weighted by molar-refractivity contribution is 5.02. The van der Waals surface area contributed by atoms with E-state index in [1.54, 1.807) is 7.11 Å². The standard InChI is InChI=1S/C11H22N2O/c1-11(2,3)12-6-9-5-10(7-12)13(9)8-14-4/h9-10H,5-8H2,1-4H3. The van der Waals surface area contributed by atoms with Gasteiger partial charge in [-0.05, 0) is 27.2 Å². The highest BCUT2D eigenvalue weighted by Crippen LogP contribution is 2.34. The molecule has 3 nitrogen and oxygen atoms in total. The van der Waals surface area contributed by atoms with Crippen LogP contribution in [0.2, 0.25) is 0 Å². The summed E-state index contributed by atoms with van der Waals surface area (Å²) >= 11 is 0. The van der Waals surface area contributed by atoms with Gasteiger partial charge in [-0.1, -0.05) is 0 Å². The van der Waals surface area contributed by atoms with Crippen molar-refractivity contribution in [2.75, 3.05) is 26.9 Å². The lowest BCUT2D eigenvalue weighted by atomic mass is 9.85. The lowest BCUT2D eigenvalue weighted by molar-refractivity contribution is -0.135. The Bertz CT molecular complexity index is 200. The summed E-state index contributed by atoms with van der Waals surface area (Å²) in [5.41, 5.74) is 0.329. The van der Waals surface area contributed by atoms with E-state index in [1.165, 1.54) is 19.5 Å². The van der Waals surface area contributed by atoms with Gasteiger partial charge in [0, 0.05) is 37.8 Å². The molecule has 14 heavy (non-hydrogen) atoms. The van der Waals surface area contributed by atoms with Crippen LogP contribution in [0.3, 0.4) is 0 Å². The number of hydrogen-bond acceptors (Lipinski definition) is 3. The van der Waals surface area contributed by atoms with Gasteiger partial charge in [-0.15, -0.1) is 0 Å². The fourth-order valence-corrected chi connectivity index (χ4v) is 2.59. The molecule has 82 valence electrons. The van der Waals surface area contributed by atoms with Gasteiger partial charge in [-0.2, -0.15) is 0 Å². The van der Waals surface area contributed by atoms with E-state index < -0.39 is 0 Å². The van der Waals surface area contributed by atoms with Crippen LogP contribution in [0.25, 0.3) is 0 Å². The van der Waals surface area contributed by atoms with E-state index >= 15 is 0 Å². The number of rotatable bonds is 2. The Morgan fingerprint density at radius 2 is 1.79 bits per heavy atom. The lowest BCUT2D eigenvalue weighted by Crippen LogP contribution is -2.71. The third-order valence-corrected chi connectivity index (χ3v) is 3.57. The molecule has 0 radical (unpaired) electrons. The summed E-state index contributed by atoms with van der Waals surface area (Å²) < 4.78 is 5.21. The molecular weight excluding hydrogens is 176 g/mol. The SMILES string of the molecule is COCN1C2CC1CN(C(C)(C)C)C2. The minimum atomic E-state index is 0.329. The maximum absolute atomic E-state index is 5.21. The number of fused-ring (bicyclic) bond motifs is 2. The van der Waals surface area contributed by atoms with Crippen LogP contribution >= 0.6 is 0 Å². The maximum Gasteiger partial charge on any atom is 0.0992 e. The van der Waals surface area contributed by atoms with E-state index in [9.17, 15) is 0 Å². The molecule has 0 aliphatic carbocycles. The van der Waals surface area contributed by atoms with Gasteiger partial charge < -0.3 is 4.74 Å². The molecule has 3 rings (SSSR count). The number of nitrogens with zero attached hydrogens (tertiary/aromatic N) is 2. The van der Waals surface area contributed by atoms with Crippen LogP contribution in [0.4, 0.5) is 0 Å². The van der Waals surface area contributed by atoms with E-state index in [-0.39, 0.29) is 0 Å². The molecule has 0 aromatic rings. The highest BCUT2D eigenvalue weighted by atomic mass is 16.5. The Kier molecular flexibility index (Phi) is 2.58. The predicted octanol–water partition coefficient (Wildman–Crippen LogP) is 1.15. The minimum Gasteiger partial charge on any atom is -0.369 e. The fourth-order valence-electron chi connectivity index (χ4n) is 2.59. The van der Waals surface area contributed by atoms with E-state index in [0.29, 0.717) is 5.54 Å². The summed E-state index contributed by atoms with van der Waals surface area (Å²) in [5, 5.41) is 0. The summed E-state index contributed by atoms with van der Waals surface area (Å²) in [6, 6.07) is 1.49. The van der Waals surface area contributed by atoms with Crippen LogP contribution in [0.15, 0.2) is 0 Å². The van der Waals surface area contributed by atoms with Gasteiger partial charge in [0.2, 0.25) is 0 Å². The number of piperidine rings is 1. The van der Waals surface area contributed by atoms with Gasteiger partial charge in [0.15, 0.2) is 0 Å². The molecule has 0 aromatic carbocycles. The van der Waals surface area contributed by atoms with Gasteiger partial charge in [-0.3, -0.25) is 9.80 Å². The molecule has 0 N–H and O–H groups in total. The molecule has 0 amide bonds. The van der Waals surface area contributed by atoms with Crippen molar-refractivity contribution in [1.29, 1.82) is 0 Å². The zero-order chi connectivity index (χ0) is 10.3. The van der Waals surface area contributed by atoms with Gasteiger partial charge in [0.1, 0.15) is 0 Å². The molecule has 0 spiro atoms. The Labute approximate surface area is 87.0 Å². The average Bonchev–Trinajstić information content (AvgIpc) is 2.13. The van der Waals surface area contributed by atoms with E-state index in [1.807, 2.05) is 0 Å². The summed E-state index contributed by atoms with van der Waals surface area (Å²) in [6.45, 7) is 10.1. The number of ether oxygens (including phenoxy) is 1. The first-order chi connectivity index (χ1) is 6.52. The molecule has 3 saturated heterocycles. The molecule has 2 atom stereocenters. The molecule has 0 saturated carbocycles. The van der Waals surface area contributed by atoms with E-state index in [0.717, 1.165) is 18.8 Å². The molecule has 3 aliphatic heterocycles. The highest BCUT2D eigenvalue weighted by Gasteiger charge is 2.46. The van der Waals surface area contributed by atoms with Crippen LogP contribution in [-0.4, -0.2) is 54.4 Å². The van der Waals surface area contributed by atoms with Crippen molar-refractivity contribution in [3.63, 3.8) is 0 Å². The van der Waals surface area contributed by atoms with Crippen molar-refractivity contribution in [2.45, 2.75) is 44.8 Å². The largest absolute Gasteiger partial charge is 0.369 e. The van der Waals surface area contributed by atoms with Crippen molar-refractivity contribution in [3.8, 4) is 0 Å². The van der Waals surface area contributed by atoms with Crippen molar-refractivity contribution < 1.29 is 4.74 Å². The molecule has 3 heterocycles. The predicted molar refractivity (Wildman–Crippen MR) is 57.2 cm³/mol. The normalized spacial score (nSPS) is 34.3. The van der Waals surface area contributed by atoms with Crippen LogP contribution in [-0.2, 0) is 4.74 Å². The lowest BCUT2D eigenvalue weighted by Gasteiger charge is -2.58. The van der Waals surface area contributed by atoms with Crippen LogP contribution in [0, 0.1) is 0 Å². The summed E-state index contributed by atoms with van der Waals surface area (Å²) in [5.74, 6) is 0.